The van der Waals surface area contributed by atoms with E-state index in [2.05, 4.69) is 9.71 Å². The maximum absolute atomic E-state index is 12.9. The Balaban J connectivity index is 1.66. The lowest BCUT2D eigenvalue weighted by atomic mass is 10.1. The van der Waals surface area contributed by atoms with Crippen LogP contribution in [0.4, 0.5) is 5.69 Å². The number of Topliss-reactive ketones (excluding diaryl/α,β-unsaturated/α-hetero) is 1. The SMILES string of the molecule is O=C1CCN(C(=O)c2ncc(Cl)cc2NS(=O)(=O)c2cc3ccccc3o2)CC1. The van der Waals surface area contributed by atoms with Crippen LogP contribution in [0.15, 0.2) is 52.1 Å². The topological polar surface area (TPSA) is 110 Å². The van der Waals surface area contributed by atoms with E-state index in [1.54, 1.807) is 24.3 Å². The van der Waals surface area contributed by atoms with E-state index in [0.29, 0.717) is 11.0 Å². The van der Waals surface area contributed by atoms with E-state index in [-0.39, 0.29) is 53.2 Å². The van der Waals surface area contributed by atoms with Crippen molar-refractivity contribution in [2.45, 2.75) is 17.9 Å². The van der Waals surface area contributed by atoms with Gasteiger partial charge in [0.15, 0.2) is 5.69 Å². The molecule has 0 atom stereocenters. The van der Waals surface area contributed by atoms with Crippen molar-refractivity contribution >= 4 is 50.0 Å². The van der Waals surface area contributed by atoms with Crippen molar-refractivity contribution in [3.05, 3.63) is 53.3 Å². The summed E-state index contributed by atoms with van der Waals surface area (Å²) in [6, 6.07) is 9.59. The molecule has 4 rings (SSSR count). The van der Waals surface area contributed by atoms with Crippen LogP contribution in [-0.4, -0.2) is 43.1 Å². The van der Waals surface area contributed by atoms with Crippen molar-refractivity contribution in [3.8, 4) is 0 Å². The van der Waals surface area contributed by atoms with Crippen LogP contribution < -0.4 is 4.72 Å². The highest BCUT2D eigenvalue weighted by Crippen LogP contribution is 2.27. The summed E-state index contributed by atoms with van der Waals surface area (Å²) >= 11 is 5.98. The monoisotopic (exact) mass is 433 g/mol. The molecule has 1 saturated heterocycles. The number of halogens is 1. The standard InChI is InChI=1S/C19H16ClN3O5S/c20-13-10-15(18(21-11-13)19(25)23-7-5-14(24)6-8-23)22-29(26,27)17-9-12-3-1-2-4-16(12)28-17/h1-4,9-11,22H,5-8H2. The minimum Gasteiger partial charge on any atom is -0.443 e. The Hall–Kier alpha value is -2.91. The van der Waals surface area contributed by atoms with E-state index in [1.807, 2.05) is 0 Å². The van der Waals surface area contributed by atoms with Gasteiger partial charge in [0.05, 0.1) is 10.7 Å². The molecule has 0 unspecified atom stereocenters. The summed E-state index contributed by atoms with van der Waals surface area (Å²) < 4.78 is 33.4. The Kier molecular flexibility index (Phi) is 5.01. The van der Waals surface area contributed by atoms with Gasteiger partial charge >= 0.3 is 0 Å². The second-order valence-corrected chi connectivity index (χ2v) is 8.64. The zero-order chi connectivity index (χ0) is 20.6. The summed E-state index contributed by atoms with van der Waals surface area (Å²) in [6.45, 7) is 0.523. The number of anilines is 1. The molecule has 1 aliphatic rings. The fourth-order valence-corrected chi connectivity index (χ4v) is 4.27. The number of likely N-dealkylation sites (tertiary alicyclic amines) is 1. The van der Waals surface area contributed by atoms with Crippen molar-refractivity contribution < 1.29 is 22.4 Å². The molecule has 0 radical (unpaired) electrons. The quantitative estimate of drug-likeness (QED) is 0.677. The fourth-order valence-electron chi connectivity index (χ4n) is 3.08. The molecule has 1 N–H and O–H groups in total. The number of benzene rings is 1. The van der Waals surface area contributed by atoms with E-state index in [1.165, 1.54) is 23.2 Å². The normalized spacial score (nSPS) is 14.9. The van der Waals surface area contributed by atoms with E-state index < -0.39 is 15.9 Å². The molecule has 0 spiro atoms. The maximum Gasteiger partial charge on any atom is 0.295 e. The molecule has 1 aliphatic heterocycles. The second-order valence-electron chi connectivity index (χ2n) is 6.59. The fraction of sp³-hybridized carbons (Fsp3) is 0.211. The number of hydrogen-bond donors (Lipinski definition) is 1. The highest BCUT2D eigenvalue weighted by atomic mass is 35.5. The number of nitrogens with zero attached hydrogens (tertiary/aromatic N) is 2. The van der Waals surface area contributed by atoms with Gasteiger partial charge < -0.3 is 9.32 Å². The van der Waals surface area contributed by atoms with Crippen LogP contribution in [0.1, 0.15) is 23.3 Å². The molecule has 1 amide bonds. The number of rotatable bonds is 4. The van der Waals surface area contributed by atoms with E-state index in [9.17, 15) is 18.0 Å². The van der Waals surface area contributed by atoms with Crippen molar-refractivity contribution in [2.24, 2.45) is 0 Å². The van der Waals surface area contributed by atoms with Gasteiger partial charge in [-0.3, -0.25) is 14.3 Å². The van der Waals surface area contributed by atoms with Crippen LogP contribution in [0.3, 0.4) is 0 Å². The Morgan fingerprint density at radius 2 is 1.90 bits per heavy atom. The maximum atomic E-state index is 12.9. The molecule has 150 valence electrons. The first-order chi connectivity index (χ1) is 13.8. The third kappa shape index (κ3) is 3.96. The van der Waals surface area contributed by atoms with Gasteiger partial charge in [0.25, 0.3) is 15.9 Å². The molecule has 0 saturated carbocycles. The number of furan rings is 1. The Morgan fingerprint density at radius 3 is 2.62 bits per heavy atom. The first kappa shape index (κ1) is 19.4. The molecule has 1 fully saturated rings. The average molecular weight is 434 g/mol. The minimum absolute atomic E-state index is 0.0557. The molecule has 1 aromatic carbocycles. The van der Waals surface area contributed by atoms with Crippen LogP contribution in [0.25, 0.3) is 11.0 Å². The smallest absolute Gasteiger partial charge is 0.295 e. The predicted molar refractivity (Wildman–Crippen MR) is 106 cm³/mol. The summed E-state index contributed by atoms with van der Waals surface area (Å²) in [7, 11) is -4.13. The van der Waals surface area contributed by atoms with Crippen LogP contribution >= 0.6 is 11.6 Å². The average Bonchev–Trinajstić information content (AvgIpc) is 3.13. The van der Waals surface area contributed by atoms with E-state index >= 15 is 0 Å². The Morgan fingerprint density at radius 1 is 1.17 bits per heavy atom. The van der Waals surface area contributed by atoms with Gasteiger partial charge in [-0.05, 0) is 12.1 Å². The molecule has 0 bridgehead atoms. The first-order valence-electron chi connectivity index (χ1n) is 8.81. The van der Waals surface area contributed by atoms with Crippen LogP contribution in [0, 0.1) is 0 Å². The van der Waals surface area contributed by atoms with Crippen molar-refractivity contribution in [1.82, 2.24) is 9.88 Å². The third-order valence-electron chi connectivity index (χ3n) is 4.58. The highest BCUT2D eigenvalue weighted by molar-refractivity contribution is 7.92. The number of amides is 1. The van der Waals surface area contributed by atoms with Gasteiger partial charge in [0.1, 0.15) is 11.4 Å². The number of sulfonamides is 1. The van der Waals surface area contributed by atoms with Gasteiger partial charge in [-0.2, -0.15) is 8.42 Å². The van der Waals surface area contributed by atoms with Crippen molar-refractivity contribution in [2.75, 3.05) is 17.8 Å². The molecule has 29 heavy (non-hydrogen) atoms. The van der Waals surface area contributed by atoms with Gasteiger partial charge in [-0.1, -0.05) is 29.8 Å². The lowest BCUT2D eigenvalue weighted by Gasteiger charge is -2.26. The number of para-hydroxylation sites is 1. The largest absolute Gasteiger partial charge is 0.443 e. The lowest BCUT2D eigenvalue weighted by molar-refractivity contribution is -0.120. The third-order valence-corrected chi connectivity index (χ3v) is 6.00. The number of carbonyl (C=O) groups is 2. The summed E-state index contributed by atoms with van der Waals surface area (Å²) in [4.78, 5) is 29.8. The molecule has 0 aliphatic carbocycles. The number of fused-ring (bicyclic) bond motifs is 1. The summed E-state index contributed by atoms with van der Waals surface area (Å²) in [5, 5.41) is 0.504. The van der Waals surface area contributed by atoms with Crippen LogP contribution in [-0.2, 0) is 14.8 Å². The summed E-state index contributed by atoms with van der Waals surface area (Å²) in [5.74, 6) is -0.389. The van der Waals surface area contributed by atoms with E-state index in [4.69, 9.17) is 16.0 Å². The van der Waals surface area contributed by atoms with Crippen LogP contribution in [0.2, 0.25) is 5.02 Å². The Bertz CT molecular complexity index is 1180. The summed E-state index contributed by atoms with van der Waals surface area (Å²) in [6.07, 6.45) is 1.79. The van der Waals surface area contributed by atoms with Crippen molar-refractivity contribution in [1.29, 1.82) is 0 Å². The van der Waals surface area contributed by atoms with Gasteiger partial charge in [0, 0.05) is 43.6 Å². The van der Waals surface area contributed by atoms with Gasteiger partial charge in [0.2, 0.25) is 5.09 Å². The molecule has 10 heteroatoms. The predicted octanol–water partition coefficient (Wildman–Crippen LogP) is 3.09. The second kappa shape index (κ2) is 7.49. The highest BCUT2D eigenvalue weighted by Gasteiger charge is 2.28. The molecule has 2 aromatic heterocycles. The van der Waals surface area contributed by atoms with Crippen LogP contribution in [0.5, 0.6) is 0 Å². The minimum atomic E-state index is -4.13. The van der Waals surface area contributed by atoms with Gasteiger partial charge in [-0.15, -0.1) is 0 Å². The zero-order valence-corrected chi connectivity index (χ0v) is 16.7. The number of hydrogen-bond acceptors (Lipinski definition) is 6. The molecule has 3 heterocycles. The van der Waals surface area contributed by atoms with E-state index in [0.717, 1.165) is 0 Å². The number of pyridine rings is 1. The Labute approximate surface area is 171 Å². The number of nitrogens with one attached hydrogen (secondary N) is 1. The number of piperidine rings is 1. The van der Waals surface area contributed by atoms with Crippen molar-refractivity contribution in [3.63, 3.8) is 0 Å². The number of ketones is 1. The number of carbonyl (C=O) groups excluding carboxylic acids is 2. The summed E-state index contributed by atoms with van der Waals surface area (Å²) in [5.41, 5.74) is 0.273. The number of aromatic nitrogens is 1. The first-order valence-corrected chi connectivity index (χ1v) is 10.7. The zero-order valence-electron chi connectivity index (χ0n) is 15.1. The lowest BCUT2D eigenvalue weighted by Crippen LogP contribution is -2.39. The molecule has 8 nitrogen and oxygen atoms in total. The molecular formula is C19H16ClN3O5S. The molecule has 3 aromatic rings. The van der Waals surface area contributed by atoms with Gasteiger partial charge in [-0.25, -0.2) is 4.98 Å². The molecular weight excluding hydrogens is 418 g/mol.